The van der Waals surface area contributed by atoms with E-state index in [1.807, 2.05) is 53.9 Å². The minimum atomic E-state index is -0.0703. The summed E-state index contributed by atoms with van der Waals surface area (Å²) in [5.74, 6) is 1.61. The molecule has 144 valence electrons. The van der Waals surface area contributed by atoms with Crippen molar-refractivity contribution in [3.8, 4) is 21.9 Å². The molecule has 2 heterocycles. The second-order valence-corrected chi connectivity index (χ2v) is 8.10. The molecule has 29 heavy (non-hydrogen) atoms. The molecule has 0 spiro atoms. The lowest BCUT2D eigenvalue weighted by Crippen LogP contribution is -2.14. The summed E-state index contributed by atoms with van der Waals surface area (Å²) >= 11 is 1.48. The molecule has 1 N–H and O–H groups in total. The van der Waals surface area contributed by atoms with Crippen LogP contribution in [0.15, 0.2) is 70.6 Å². The van der Waals surface area contributed by atoms with Crippen LogP contribution in [0, 0.1) is 0 Å². The summed E-state index contributed by atoms with van der Waals surface area (Å²) in [5, 5.41) is 8.96. The number of aromatic nitrogens is 2. The lowest BCUT2D eigenvalue weighted by molar-refractivity contribution is -0.115. The molecule has 1 amide bonds. The molecule has 6 heteroatoms. The van der Waals surface area contributed by atoms with E-state index < -0.39 is 0 Å². The third kappa shape index (κ3) is 3.98. The van der Waals surface area contributed by atoms with Gasteiger partial charge in [-0.25, -0.2) is 0 Å². The number of amides is 1. The third-order valence-electron chi connectivity index (χ3n) is 4.94. The van der Waals surface area contributed by atoms with Gasteiger partial charge >= 0.3 is 0 Å². The highest BCUT2D eigenvalue weighted by Gasteiger charge is 2.29. The van der Waals surface area contributed by atoms with E-state index in [1.54, 1.807) is 0 Å². The zero-order valence-corrected chi connectivity index (χ0v) is 16.5. The highest BCUT2D eigenvalue weighted by Crippen LogP contribution is 2.40. The van der Waals surface area contributed by atoms with E-state index in [1.165, 1.54) is 11.3 Å². The Morgan fingerprint density at radius 3 is 2.55 bits per heavy atom. The molecule has 0 atom stereocenters. The summed E-state index contributed by atoms with van der Waals surface area (Å²) in [5.41, 5.74) is 3.98. The summed E-state index contributed by atoms with van der Waals surface area (Å²) in [6.07, 6.45) is 2.55. The normalized spacial score (nSPS) is 13.4. The van der Waals surface area contributed by atoms with Gasteiger partial charge in [-0.05, 0) is 41.0 Å². The summed E-state index contributed by atoms with van der Waals surface area (Å²) in [6.45, 7) is 0. The standard InChI is InChI=1S/C23H19N3O2S/c27-20(14-15-6-8-17(9-7-15)16-4-2-1-3-5-16)24-19-12-13-29-21(19)23-25-22(26-28-23)18-10-11-18/h1-9,12-13,18H,10-11,14H2,(H,24,27). The first kappa shape index (κ1) is 17.8. The minimum Gasteiger partial charge on any atom is -0.333 e. The number of rotatable bonds is 6. The molecule has 5 nitrogen and oxygen atoms in total. The van der Waals surface area contributed by atoms with Crippen molar-refractivity contribution in [2.75, 3.05) is 5.32 Å². The molecular weight excluding hydrogens is 382 g/mol. The Balaban J connectivity index is 1.26. The van der Waals surface area contributed by atoms with Gasteiger partial charge in [0.25, 0.3) is 5.89 Å². The zero-order valence-electron chi connectivity index (χ0n) is 15.7. The number of carbonyl (C=O) groups is 1. The first-order chi connectivity index (χ1) is 14.3. The molecule has 5 rings (SSSR count). The Bertz CT molecular complexity index is 1130. The topological polar surface area (TPSA) is 68.0 Å². The molecule has 2 aromatic carbocycles. The highest BCUT2D eigenvalue weighted by atomic mass is 32.1. The average molecular weight is 401 g/mol. The molecule has 0 bridgehead atoms. The number of carbonyl (C=O) groups excluding carboxylic acids is 1. The van der Waals surface area contributed by atoms with Crippen molar-refractivity contribution in [1.82, 2.24) is 10.1 Å². The van der Waals surface area contributed by atoms with Crippen molar-refractivity contribution in [3.05, 3.63) is 77.4 Å². The van der Waals surface area contributed by atoms with Gasteiger partial charge in [0.1, 0.15) is 4.88 Å². The van der Waals surface area contributed by atoms with E-state index in [-0.39, 0.29) is 5.91 Å². The van der Waals surface area contributed by atoms with E-state index >= 15 is 0 Å². The van der Waals surface area contributed by atoms with Crippen LogP contribution in [0.1, 0.15) is 30.1 Å². The summed E-state index contributed by atoms with van der Waals surface area (Å²) in [4.78, 5) is 17.9. The molecular formula is C23H19N3O2S. The number of nitrogens with one attached hydrogen (secondary N) is 1. The summed E-state index contributed by atoms with van der Waals surface area (Å²) < 4.78 is 5.40. The minimum absolute atomic E-state index is 0.0703. The maximum Gasteiger partial charge on any atom is 0.270 e. The maximum absolute atomic E-state index is 12.6. The maximum atomic E-state index is 12.6. The van der Waals surface area contributed by atoms with Gasteiger partial charge in [0, 0.05) is 5.92 Å². The van der Waals surface area contributed by atoms with Crippen LogP contribution in [-0.4, -0.2) is 16.0 Å². The van der Waals surface area contributed by atoms with E-state index in [9.17, 15) is 4.79 Å². The van der Waals surface area contributed by atoms with Gasteiger partial charge in [-0.15, -0.1) is 11.3 Å². The lowest BCUT2D eigenvalue weighted by atomic mass is 10.0. The Morgan fingerprint density at radius 1 is 1.03 bits per heavy atom. The van der Waals surface area contributed by atoms with Gasteiger partial charge in [0.05, 0.1) is 12.1 Å². The summed E-state index contributed by atoms with van der Waals surface area (Å²) in [7, 11) is 0. The van der Waals surface area contributed by atoms with Crippen molar-refractivity contribution < 1.29 is 9.32 Å². The van der Waals surface area contributed by atoms with Gasteiger partial charge in [-0.2, -0.15) is 4.98 Å². The summed E-state index contributed by atoms with van der Waals surface area (Å²) in [6, 6.07) is 20.2. The van der Waals surface area contributed by atoms with Crippen molar-refractivity contribution in [1.29, 1.82) is 0 Å². The quantitative estimate of drug-likeness (QED) is 0.462. The second-order valence-electron chi connectivity index (χ2n) is 7.18. The number of hydrogen-bond donors (Lipinski definition) is 1. The predicted octanol–water partition coefficient (Wildman–Crippen LogP) is 5.52. The zero-order chi connectivity index (χ0) is 19.6. The molecule has 1 aliphatic carbocycles. The fourth-order valence-electron chi connectivity index (χ4n) is 3.23. The number of hydrogen-bond acceptors (Lipinski definition) is 5. The first-order valence-electron chi connectivity index (χ1n) is 9.62. The van der Waals surface area contributed by atoms with Gasteiger partial charge < -0.3 is 9.84 Å². The number of thiophene rings is 1. The molecule has 1 aliphatic rings. The molecule has 1 fully saturated rings. The van der Waals surface area contributed by atoms with Gasteiger partial charge in [-0.3, -0.25) is 4.79 Å². The van der Waals surface area contributed by atoms with Crippen LogP contribution >= 0.6 is 11.3 Å². The van der Waals surface area contributed by atoms with E-state index in [4.69, 9.17) is 4.52 Å². The number of nitrogens with zero attached hydrogens (tertiary/aromatic N) is 2. The predicted molar refractivity (Wildman–Crippen MR) is 114 cm³/mol. The Morgan fingerprint density at radius 2 is 1.79 bits per heavy atom. The van der Waals surface area contributed by atoms with Crippen LogP contribution < -0.4 is 5.32 Å². The Kier molecular flexibility index (Phi) is 4.69. The second kappa shape index (κ2) is 7.64. The molecule has 0 aliphatic heterocycles. The van der Waals surface area contributed by atoms with Crippen LogP contribution in [0.2, 0.25) is 0 Å². The van der Waals surface area contributed by atoms with Gasteiger partial charge in [0.15, 0.2) is 5.82 Å². The van der Waals surface area contributed by atoms with Crippen LogP contribution in [0.25, 0.3) is 21.9 Å². The molecule has 0 unspecified atom stereocenters. The van der Waals surface area contributed by atoms with Crippen LogP contribution in [0.4, 0.5) is 5.69 Å². The van der Waals surface area contributed by atoms with Crippen molar-refractivity contribution in [2.24, 2.45) is 0 Å². The molecule has 2 aromatic heterocycles. The lowest BCUT2D eigenvalue weighted by Gasteiger charge is -2.06. The van der Waals surface area contributed by atoms with Crippen LogP contribution in [-0.2, 0) is 11.2 Å². The third-order valence-corrected chi connectivity index (χ3v) is 5.85. The van der Waals surface area contributed by atoms with Crippen molar-refractivity contribution in [3.63, 3.8) is 0 Å². The highest BCUT2D eigenvalue weighted by molar-refractivity contribution is 7.14. The Labute approximate surface area is 172 Å². The molecule has 1 saturated carbocycles. The van der Waals surface area contributed by atoms with Gasteiger partial charge in [0.2, 0.25) is 5.91 Å². The Hall–Kier alpha value is -3.25. The van der Waals surface area contributed by atoms with Crippen molar-refractivity contribution >= 4 is 22.9 Å². The number of anilines is 1. The monoisotopic (exact) mass is 401 g/mol. The first-order valence-corrected chi connectivity index (χ1v) is 10.5. The molecule has 0 radical (unpaired) electrons. The molecule has 4 aromatic rings. The van der Waals surface area contributed by atoms with E-state index in [0.29, 0.717) is 23.9 Å². The van der Waals surface area contributed by atoms with Crippen molar-refractivity contribution in [2.45, 2.75) is 25.2 Å². The average Bonchev–Trinajstić information content (AvgIpc) is 3.30. The van der Waals surface area contributed by atoms with Gasteiger partial charge in [-0.1, -0.05) is 59.8 Å². The van der Waals surface area contributed by atoms with Crippen LogP contribution in [0.3, 0.4) is 0 Å². The van der Waals surface area contributed by atoms with Crippen LogP contribution in [0.5, 0.6) is 0 Å². The smallest absolute Gasteiger partial charge is 0.270 e. The number of benzene rings is 2. The fourth-order valence-corrected chi connectivity index (χ4v) is 4.00. The fraction of sp³-hybridized carbons (Fsp3) is 0.174. The van der Waals surface area contributed by atoms with E-state index in [2.05, 4.69) is 27.6 Å². The molecule has 0 saturated heterocycles. The van der Waals surface area contributed by atoms with E-state index in [0.717, 1.165) is 40.2 Å². The largest absolute Gasteiger partial charge is 0.333 e. The SMILES string of the molecule is O=C(Cc1ccc(-c2ccccc2)cc1)Nc1ccsc1-c1nc(C2CC2)no1.